The van der Waals surface area contributed by atoms with Crippen molar-refractivity contribution in [2.45, 2.75) is 19.2 Å². The van der Waals surface area contributed by atoms with E-state index in [4.69, 9.17) is 0 Å². The molecule has 0 aliphatic heterocycles. The van der Waals surface area contributed by atoms with Crippen molar-refractivity contribution in [3.63, 3.8) is 0 Å². The Morgan fingerprint density at radius 1 is 0.794 bits per heavy atom. The number of rotatable bonds is 6. The molecule has 2 aromatic carbocycles. The molecular weight excluding hydrogens is 432 g/mol. The molecule has 0 fully saturated rings. The van der Waals surface area contributed by atoms with Crippen LogP contribution in [0.5, 0.6) is 0 Å². The molecule has 0 saturated heterocycles. The molecule has 0 radical (unpaired) electrons. The maximum atomic E-state index is 12.7. The first kappa shape index (κ1) is 21.6. The predicted octanol–water partition coefficient (Wildman–Crippen LogP) is 2.03. The highest BCUT2D eigenvalue weighted by atomic mass is 16.3. The molecule has 0 amide bonds. The quantitative estimate of drug-likeness (QED) is 0.421. The lowest BCUT2D eigenvalue weighted by Gasteiger charge is -2.16. The Kier molecular flexibility index (Phi) is 5.46. The fourth-order valence-electron chi connectivity index (χ4n) is 4.27. The summed E-state index contributed by atoms with van der Waals surface area (Å²) in [7, 11) is 3.00. The average molecular weight is 457 g/mol. The molecule has 9 heteroatoms. The number of fused-ring (bicyclic) bond motifs is 1. The van der Waals surface area contributed by atoms with E-state index in [1.165, 1.54) is 17.9 Å². The molecule has 1 N–H and O–H groups in total. The van der Waals surface area contributed by atoms with Crippen LogP contribution in [-0.2, 0) is 27.2 Å². The number of aromatic nitrogens is 6. The summed E-state index contributed by atoms with van der Waals surface area (Å²) < 4.78 is 5.89. The van der Waals surface area contributed by atoms with E-state index in [9.17, 15) is 14.7 Å². The SMILES string of the molecule is Cn1c(=O)c2c(ncn2C[C@H](O)Cn2cnc(-c3ccccc3)c2-c2ccccc2)n(C)c1=O. The molecule has 0 unspecified atom stereocenters. The predicted molar refractivity (Wildman–Crippen MR) is 129 cm³/mol. The molecule has 0 aliphatic carbocycles. The minimum Gasteiger partial charge on any atom is -0.389 e. The number of imidazole rings is 2. The zero-order chi connectivity index (χ0) is 23.8. The van der Waals surface area contributed by atoms with Gasteiger partial charge in [0.05, 0.1) is 43.2 Å². The van der Waals surface area contributed by atoms with Crippen LogP contribution < -0.4 is 11.2 Å². The fourth-order valence-corrected chi connectivity index (χ4v) is 4.27. The summed E-state index contributed by atoms with van der Waals surface area (Å²) in [4.78, 5) is 33.8. The van der Waals surface area contributed by atoms with Gasteiger partial charge in [-0.05, 0) is 0 Å². The third-order valence-electron chi connectivity index (χ3n) is 5.96. The van der Waals surface area contributed by atoms with E-state index in [2.05, 4.69) is 9.97 Å². The molecule has 0 bridgehead atoms. The number of hydrogen-bond donors (Lipinski definition) is 1. The smallest absolute Gasteiger partial charge is 0.332 e. The molecule has 0 aliphatic rings. The van der Waals surface area contributed by atoms with Crippen LogP contribution in [0.1, 0.15) is 0 Å². The maximum Gasteiger partial charge on any atom is 0.332 e. The van der Waals surface area contributed by atoms with E-state index >= 15 is 0 Å². The Morgan fingerprint density at radius 2 is 1.38 bits per heavy atom. The van der Waals surface area contributed by atoms with Crippen molar-refractivity contribution in [2.75, 3.05) is 0 Å². The highest BCUT2D eigenvalue weighted by Gasteiger charge is 2.19. The molecular formula is C25H24N6O3. The number of aliphatic hydroxyl groups excluding tert-OH is 1. The van der Waals surface area contributed by atoms with Gasteiger partial charge in [0.15, 0.2) is 11.2 Å². The van der Waals surface area contributed by atoms with Crippen molar-refractivity contribution in [2.24, 2.45) is 14.1 Å². The largest absolute Gasteiger partial charge is 0.389 e. The van der Waals surface area contributed by atoms with Crippen molar-refractivity contribution < 1.29 is 5.11 Å². The van der Waals surface area contributed by atoms with Gasteiger partial charge in [0.25, 0.3) is 5.56 Å². The van der Waals surface area contributed by atoms with E-state index in [0.29, 0.717) is 5.65 Å². The minimum atomic E-state index is -0.834. The lowest BCUT2D eigenvalue weighted by atomic mass is 10.0. The third kappa shape index (κ3) is 3.65. The molecule has 34 heavy (non-hydrogen) atoms. The standard InChI is InChI=1S/C25H24N6O3/c1-28-23-22(24(33)29(2)25(28)34)31(16-27-23)14-19(32)13-30-15-26-20(17-9-5-3-6-10-17)21(30)18-11-7-4-8-12-18/h3-12,15-16,19,32H,13-14H2,1-2H3/t19-/m1/s1. The lowest BCUT2D eigenvalue weighted by Crippen LogP contribution is -2.38. The third-order valence-corrected chi connectivity index (χ3v) is 5.96. The molecule has 172 valence electrons. The topological polar surface area (TPSA) is 99.9 Å². The Hall–Kier alpha value is -4.24. The van der Waals surface area contributed by atoms with Crippen molar-refractivity contribution >= 4 is 11.2 Å². The fraction of sp³-hybridized carbons (Fsp3) is 0.200. The van der Waals surface area contributed by atoms with Crippen LogP contribution in [0.15, 0.2) is 82.9 Å². The van der Waals surface area contributed by atoms with E-state index < -0.39 is 17.4 Å². The van der Waals surface area contributed by atoms with Crippen molar-refractivity contribution in [3.8, 4) is 22.5 Å². The first-order chi connectivity index (χ1) is 16.5. The van der Waals surface area contributed by atoms with Gasteiger partial charge in [-0.25, -0.2) is 14.8 Å². The van der Waals surface area contributed by atoms with Gasteiger partial charge < -0.3 is 14.2 Å². The Labute approximate surface area is 194 Å². The lowest BCUT2D eigenvalue weighted by molar-refractivity contribution is 0.136. The van der Waals surface area contributed by atoms with Gasteiger partial charge in [-0.1, -0.05) is 60.7 Å². The maximum absolute atomic E-state index is 12.7. The van der Waals surface area contributed by atoms with Gasteiger partial charge in [0.1, 0.15) is 0 Å². The minimum absolute atomic E-state index is 0.136. The molecule has 0 spiro atoms. The first-order valence-corrected chi connectivity index (χ1v) is 10.9. The number of aliphatic hydroxyl groups is 1. The second-order valence-electron chi connectivity index (χ2n) is 8.25. The van der Waals surface area contributed by atoms with Gasteiger partial charge in [-0.15, -0.1) is 0 Å². The zero-order valence-corrected chi connectivity index (χ0v) is 18.9. The van der Waals surface area contributed by atoms with Crippen LogP contribution in [-0.4, -0.2) is 39.4 Å². The number of hydrogen-bond acceptors (Lipinski definition) is 5. The van der Waals surface area contributed by atoms with Crippen molar-refractivity contribution in [1.29, 1.82) is 0 Å². The molecule has 0 saturated carbocycles. The van der Waals surface area contributed by atoms with Gasteiger partial charge in [0.2, 0.25) is 0 Å². The van der Waals surface area contributed by atoms with E-state index in [0.717, 1.165) is 27.1 Å². The van der Waals surface area contributed by atoms with Crippen LogP contribution in [0.2, 0.25) is 0 Å². The van der Waals surface area contributed by atoms with Crippen LogP contribution in [0, 0.1) is 0 Å². The highest BCUT2D eigenvalue weighted by Crippen LogP contribution is 2.31. The normalized spacial score (nSPS) is 12.3. The highest BCUT2D eigenvalue weighted by molar-refractivity contribution is 5.78. The van der Waals surface area contributed by atoms with Crippen LogP contribution >= 0.6 is 0 Å². The first-order valence-electron chi connectivity index (χ1n) is 10.9. The van der Waals surface area contributed by atoms with E-state index in [1.807, 2.05) is 65.2 Å². The second-order valence-corrected chi connectivity index (χ2v) is 8.25. The Balaban J connectivity index is 1.51. The summed E-state index contributed by atoms with van der Waals surface area (Å²) in [6, 6.07) is 19.8. The van der Waals surface area contributed by atoms with Crippen molar-refractivity contribution in [1.82, 2.24) is 28.2 Å². The van der Waals surface area contributed by atoms with Gasteiger partial charge in [-0.2, -0.15) is 0 Å². The number of benzene rings is 2. The number of nitrogens with zero attached hydrogens (tertiary/aromatic N) is 6. The summed E-state index contributed by atoms with van der Waals surface area (Å²) in [5.74, 6) is 0. The average Bonchev–Trinajstić information content (AvgIpc) is 3.47. The van der Waals surface area contributed by atoms with Crippen LogP contribution in [0.3, 0.4) is 0 Å². The monoisotopic (exact) mass is 456 g/mol. The molecule has 5 rings (SSSR count). The van der Waals surface area contributed by atoms with Crippen molar-refractivity contribution in [3.05, 3.63) is 94.2 Å². The Bertz CT molecular complexity index is 1580. The molecule has 3 aromatic heterocycles. The molecule has 9 nitrogen and oxygen atoms in total. The van der Waals surface area contributed by atoms with Gasteiger partial charge in [-0.3, -0.25) is 13.9 Å². The molecule has 5 aromatic rings. The Morgan fingerprint density at radius 3 is 2.06 bits per heavy atom. The molecule has 1 atom stereocenters. The summed E-state index contributed by atoms with van der Waals surface area (Å²) >= 11 is 0. The second kappa shape index (κ2) is 8.60. The van der Waals surface area contributed by atoms with Gasteiger partial charge >= 0.3 is 5.69 Å². The summed E-state index contributed by atoms with van der Waals surface area (Å²) in [5.41, 5.74) is 3.39. The summed E-state index contributed by atoms with van der Waals surface area (Å²) in [5, 5.41) is 11.0. The van der Waals surface area contributed by atoms with Crippen LogP contribution in [0.25, 0.3) is 33.7 Å². The zero-order valence-electron chi connectivity index (χ0n) is 18.9. The van der Waals surface area contributed by atoms with E-state index in [1.54, 1.807) is 17.9 Å². The summed E-state index contributed by atoms with van der Waals surface area (Å²) in [6.45, 7) is 0.396. The van der Waals surface area contributed by atoms with E-state index in [-0.39, 0.29) is 18.6 Å². The van der Waals surface area contributed by atoms with Gasteiger partial charge in [0, 0.05) is 25.2 Å². The van der Waals surface area contributed by atoms with Crippen LogP contribution in [0.4, 0.5) is 0 Å². The molecule has 3 heterocycles. The number of aryl methyl sites for hydroxylation is 1. The summed E-state index contributed by atoms with van der Waals surface area (Å²) in [6.07, 6.45) is 2.37.